The third-order valence-corrected chi connectivity index (χ3v) is 7.15. The van der Waals surface area contributed by atoms with Crippen molar-refractivity contribution in [2.45, 2.75) is 52.4 Å². The molecule has 178 valence electrons. The van der Waals surface area contributed by atoms with Crippen LogP contribution in [0, 0.1) is 0 Å². The molecule has 35 heavy (non-hydrogen) atoms. The van der Waals surface area contributed by atoms with Crippen molar-refractivity contribution >= 4 is 11.3 Å². The predicted molar refractivity (Wildman–Crippen MR) is 144 cm³/mol. The van der Waals surface area contributed by atoms with E-state index < -0.39 is 0 Å². The number of oxazole rings is 2. The fourth-order valence-corrected chi connectivity index (χ4v) is 4.77. The smallest absolute Gasteiger partial charge is 0.236 e. The number of rotatable bonds is 4. The van der Waals surface area contributed by atoms with Gasteiger partial charge in [0.25, 0.3) is 0 Å². The summed E-state index contributed by atoms with van der Waals surface area (Å²) in [5, 5.41) is 0. The van der Waals surface area contributed by atoms with Gasteiger partial charge in [-0.25, -0.2) is 9.97 Å². The molecule has 0 saturated heterocycles. The van der Waals surface area contributed by atoms with Crippen molar-refractivity contribution in [2.24, 2.45) is 0 Å². The monoisotopic (exact) mass is 482 g/mol. The zero-order chi connectivity index (χ0) is 24.8. The Morgan fingerprint density at radius 3 is 1.43 bits per heavy atom. The van der Waals surface area contributed by atoms with Crippen molar-refractivity contribution in [3.63, 3.8) is 0 Å². The Morgan fingerprint density at radius 1 is 0.600 bits per heavy atom. The van der Waals surface area contributed by atoms with Gasteiger partial charge in [0.1, 0.15) is 23.9 Å². The number of thiophene rings is 1. The quantitative estimate of drug-likeness (QED) is 0.256. The highest BCUT2D eigenvalue weighted by Crippen LogP contribution is 2.36. The topological polar surface area (TPSA) is 52.1 Å². The van der Waals surface area contributed by atoms with Gasteiger partial charge in [0, 0.05) is 11.1 Å². The molecule has 0 N–H and O–H groups in total. The van der Waals surface area contributed by atoms with E-state index in [9.17, 15) is 0 Å². The van der Waals surface area contributed by atoms with Crippen molar-refractivity contribution in [3.8, 4) is 44.1 Å². The SMILES string of the molecule is CC(C)(C)c1cccc(-c2coc(-c3ccc(-c4nc(-c5cccc(C(C)(C)C)c5)co4)s3)n2)c1. The maximum Gasteiger partial charge on any atom is 0.236 e. The van der Waals surface area contributed by atoms with Crippen molar-refractivity contribution < 1.29 is 8.83 Å². The van der Waals surface area contributed by atoms with E-state index in [0.29, 0.717) is 11.8 Å². The molecule has 0 spiro atoms. The molecule has 0 aliphatic rings. The summed E-state index contributed by atoms with van der Waals surface area (Å²) in [6.07, 6.45) is 3.45. The molecule has 3 heterocycles. The Balaban J connectivity index is 1.39. The van der Waals surface area contributed by atoms with Gasteiger partial charge in [-0.3, -0.25) is 0 Å². The average molecular weight is 483 g/mol. The second-order valence-corrected chi connectivity index (χ2v) is 12.0. The summed E-state index contributed by atoms with van der Waals surface area (Å²) in [6, 6.07) is 21.0. The maximum atomic E-state index is 5.85. The molecule has 3 aromatic heterocycles. The Labute approximate surface area is 210 Å². The van der Waals surface area contributed by atoms with E-state index in [4.69, 9.17) is 18.8 Å². The zero-order valence-corrected chi connectivity index (χ0v) is 21.9. The molecule has 0 aliphatic heterocycles. The predicted octanol–water partition coefficient (Wildman–Crippen LogP) is 8.99. The highest BCUT2D eigenvalue weighted by molar-refractivity contribution is 7.18. The normalized spacial score (nSPS) is 12.3. The minimum Gasteiger partial charge on any atom is -0.443 e. The molecular weight excluding hydrogens is 452 g/mol. The highest BCUT2D eigenvalue weighted by Gasteiger charge is 2.18. The second kappa shape index (κ2) is 8.65. The summed E-state index contributed by atoms with van der Waals surface area (Å²) in [5.74, 6) is 1.20. The van der Waals surface area contributed by atoms with E-state index in [2.05, 4.69) is 90.1 Å². The lowest BCUT2D eigenvalue weighted by Gasteiger charge is -2.19. The van der Waals surface area contributed by atoms with Crippen LogP contribution in [0.1, 0.15) is 52.7 Å². The Kier molecular flexibility index (Phi) is 5.76. The van der Waals surface area contributed by atoms with Crippen LogP contribution in [0.5, 0.6) is 0 Å². The summed E-state index contributed by atoms with van der Waals surface area (Å²) in [4.78, 5) is 11.4. The van der Waals surface area contributed by atoms with Gasteiger partial charge < -0.3 is 8.83 Å². The molecule has 5 aromatic rings. The number of hydrogen-bond donors (Lipinski definition) is 0. The third kappa shape index (κ3) is 4.87. The Bertz CT molecular complexity index is 1360. The van der Waals surface area contributed by atoms with E-state index in [1.807, 2.05) is 12.1 Å². The van der Waals surface area contributed by atoms with Gasteiger partial charge in [0.05, 0.1) is 9.75 Å². The minimum absolute atomic E-state index is 0.0776. The van der Waals surface area contributed by atoms with Crippen LogP contribution in [0.25, 0.3) is 44.1 Å². The summed E-state index contributed by atoms with van der Waals surface area (Å²) < 4.78 is 11.7. The van der Waals surface area contributed by atoms with E-state index in [1.54, 1.807) is 23.9 Å². The van der Waals surface area contributed by atoms with Gasteiger partial charge in [-0.2, -0.15) is 0 Å². The molecule has 5 rings (SSSR count). The molecule has 0 amide bonds. The fourth-order valence-electron chi connectivity index (χ4n) is 3.90. The molecule has 0 fully saturated rings. The lowest BCUT2D eigenvalue weighted by Crippen LogP contribution is -2.10. The zero-order valence-electron chi connectivity index (χ0n) is 21.0. The van der Waals surface area contributed by atoms with E-state index in [-0.39, 0.29) is 10.8 Å². The van der Waals surface area contributed by atoms with Gasteiger partial charge in [-0.1, -0.05) is 77.9 Å². The fraction of sp³-hybridized carbons (Fsp3) is 0.267. The summed E-state index contributed by atoms with van der Waals surface area (Å²) >= 11 is 1.56. The first-order chi connectivity index (χ1) is 16.6. The molecule has 0 unspecified atom stereocenters. The van der Waals surface area contributed by atoms with E-state index in [1.165, 1.54) is 11.1 Å². The molecule has 0 radical (unpaired) electrons. The van der Waals surface area contributed by atoms with Crippen LogP contribution in [0.15, 0.2) is 82.0 Å². The van der Waals surface area contributed by atoms with Gasteiger partial charge in [-0.15, -0.1) is 11.3 Å². The largest absolute Gasteiger partial charge is 0.443 e. The minimum atomic E-state index is 0.0776. The van der Waals surface area contributed by atoms with Gasteiger partial charge in [-0.05, 0) is 46.2 Å². The molecule has 2 aromatic carbocycles. The van der Waals surface area contributed by atoms with Crippen molar-refractivity contribution in [3.05, 3.63) is 84.3 Å². The maximum absolute atomic E-state index is 5.85. The standard InChI is InChI=1S/C30H30N2O2S/c1-29(2,3)21-11-7-9-19(15-21)23-17-33-27(31-23)25-13-14-26(35-25)28-32-24(18-34-28)20-10-8-12-22(16-20)30(4,5)6/h7-18H,1-6H3. The Morgan fingerprint density at radius 2 is 1.03 bits per heavy atom. The molecule has 5 heteroatoms. The molecule has 4 nitrogen and oxygen atoms in total. The summed E-state index contributed by atoms with van der Waals surface area (Å²) in [5.41, 5.74) is 6.47. The molecule has 0 aliphatic carbocycles. The van der Waals surface area contributed by atoms with Crippen molar-refractivity contribution in [1.29, 1.82) is 0 Å². The first-order valence-corrected chi connectivity index (χ1v) is 12.6. The number of benzene rings is 2. The summed E-state index contributed by atoms with van der Waals surface area (Å²) in [7, 11) is 0. The number of aromatic nitrogens is 2. The molecule has 0 saturated carbocycles. The van der Waals surface area contributed by atoms with Crippen LogP contribution >= 0.6 is 11.3 Å². The van der Waals surface area contributed by atoms with Crippen molar-refractivity contribution in [1.82, 2.24) is 9.97 Å². The van der Waals surface area contributed by atoms with Crippen LogP contribution in [0.4, 0.5) is 0 Å². The highest BCUT2D eigenvalue weighted by atomic mass is 32.1. The summed E-state index contributed by atoms with van der Waals surface area (Å²) in [6.45, 7) is 13.3. The van der Waals surface area contributed by atoms with Crippen molar-refractivity contribution in [2.75, 3.05) is 0 Å². The second-order valence-electron chi connectivity index (χ2n) is 10.9. The Hall–Kier alpha value is -3.44. The molecular formula is C30H30N2O2S. The molecule has 0 bridgehead atoms. The van der Waals surface area contributed by atoms with Gasteiger partial charge >= 0.3 is 0 Å². The molecule has 0 atom stereocenters. The van der Waals surface area contributed by atoms with E-state index >= 15 is 0 Å². The lowest BCUT2D eigenvalue weighted by molar-refractivity contribution is 0.576. The average Bonchev–Trinajstić information content (AvgIpc) is 3.58. The van der Waals surface area contributed by atoms with Crippen LogP contribution < -0.4 is 0 Å². The third-order valence-electron chi connectivity index (χ3n) is 6.08. The number of hydrogen-bond acceptors (Lipinski definition) is 5. The first-order valence-electron chi connectivity index (χ1n) is 11.8. The van der Waals surface area contributed by atoms with E-state index in [0.717, 1.165) is 32.3 Å². The number of nitrogens with zero attached hydrogens (tertiary/aromatic N) is 2. The van der Waals surface area contributed by atoms with Crippen LogP contribution in [-0.2, 0) is 10.8 Å². The van der Waals surface area contributed by atoms with Crippen LogP contribution in [0.3, 0.4) is 0 Å². The van der Waals surface area contributed by atoms with Crippen LogP contribution in [-0.4, -0.2) is 9.97 Å². The van der Waals surface area contributed by atoms with Gasteiger partial charge in [0.15, 0.2) is 0 Å². The van der Waals surface area contributed by atoms with Gasteiger partial charge in [0.2, 0.25) is 11.8 Å². The van der Waals surface area contributed by atoms with Crippen LogP contribution in [0.2, 0.25) is 0 Å². The lowest BCUT2D eigenvalue weighted by atomic mass is 9.86. The first kappa shape index (κ1) is 23.3.